The fraction of sp³-hybridized carbons (Fsp3) is 0.562. The number of Topliss-reactive ketones (excluding diaryl/α,β-unsaturated/α-hetero) is 1. The monoisotopic (exact) mass is 313 g/mol. The lowest BCUT2D eigenvalue weighted by Gasteiger charge is -2.38. The molecule has 0 spiro atoms. The number of nitrogens with zero attached hydrogens (tertiary/aromatic N) is 1. The Morgan fingerprint density at radius 3 is 2.45 bits per heavy atom. The van der Waals surface area contributed by atoms with Crippen LogP contribution in [0.5, 0.6) is 0 Å². The Balaban J connectivity index is 1.94. The molecular weight excluding hydrogens is 293 g/mol. The molecule has 1 aliphatic heterocycles. The molecule has 4 heteroatoms. The molecule has 1 heterocycles. The van der Waals surface area contributed by atoms with Crippen LogP contribution in [0.3, 0.4) is 0 Å². The third-order valence-electron chi connectivity index (χ3n) is 4.53. The zero-order chi connectivity index (χ0) is 14.8. The first-order chi connectivity index (χ1) is 9.43. The highest BCUT2D eigenvalue weighted by Crippen LogP contribution is 2.33. The number of hydrogen-bond donors (Lipinski definition) is 0. The van der Waals surface area contributed by atoms with E-state index in [4.69, 9.17) is 23.2 Å². The predicted molar refractivity (Wildman–Crippen MR) is 84.9 cm³/mol. The summed E-state index contributed by atoms with van der Waals surface area (Å²) >= 11 is 11.8. The number of carbonyl (C=O) groups excluding carboxylic acids is 1. The van der Waals surface area contributed by atoms with Crippen LogP contribution in [0.1, 0.15) is 43.5 Å². The first-order valence-electron chi connectivity index (χ1n) is 7.14. The van der Waals surface area contributed by atoms with Gasteiger partial charge in [-0.15, -0.1) is 0 Å². The van der Waals surface area contributed by atoms with Crippen LogP contribution < -0.4 is 0 Å². The van der Waals surface area contributed by atoms with Crippen LogP contribution >= 0.6 is 23.2 Å². The summed E-state index contributed by atoms with van der Waals surface area (Å²) in [6.07, 6.45) is 3.54. The van der Waals surface area contributed by atoms with E-state index in [2.05, 4.69) is 18.7 Å². The summed E-state index contributed by atoms with van der Waals surface area (Å²) in [5.41, 5.74) is 1.09. The first-order valence-corrected chi connectivity index (χ1v) is 7.90. The lowest BCUT2D eigenvalue weighted by atomic mass is 9.78. The molecule has 20 heavy (non-hydrogen) atoms. The summed E-state index contributed by atoms with van der Waals surface area (Å²) in [6.45, 7) is 7.05. The molecule has 1 aliphatic rings. The van der Waals surface area contributed by atoms with Crippen molar-refractivity contribution in [2.24, 2.45) is 5.41 Å². The molecule has 0 aliphatic carbocycles. The van der Waals surface area contributed by atoms with Crippen LogP contribution in [0, 0.1) is 5.41 Å². The highest BCUT2D eigenvalue weighted by atomic mass is 35.5. The van der Waals surface area contributed by atoms with Gasteiger partial charge in [0.25, 0.3) is 0 Å². The fourth-order valence-corrected chi connectivity index (χ4v) is 2.87. The van der Waals surface area contributed by atoms with Crippen molar-refractivity contribution in [1.29, 1.82) is 0 Å². The topological polar surface area (TPSA) is 20.3 Å². The second-order valence-corrected chi connectivity index (χ2v) is 6.81. The van der Waals surface area contributed by atoms with Gasteiger partial charge < -0.3 is 0 Å². The first kappa shape index (κ1) is 15.8. The van der Waals surface area contributed by atoms with Crippen molar-refractivity contribution < 1.29 is 4.79 Å². The van der Waals surface area contributed by atoms with Gasteiger partial charge in [0.2, 0.25) is 0 Å². The van der Waals surface area contributed by atoms with Crippen LogP contribution in [0.25, 0.3) is 0 Å². The minimum atomic E-state index is 0.115. The molecule has 1 aromatic rings. The maximum absolute atomic E-state index is 12.3. The normalized spacial score (nSPS) is 19.0. The molecule has 1 fully saturated rings. The lowest BCUT2D eigenvalue weighted by molar-refractivity contribution is 0.0813. The second kappa shape index (κ2) is 6.46. The molecule has 0 atom stereocenters. The lowest BCUT2D eigenvalue weighted by Crippen LogP contribution is -2.40. The zero-order valence-electron chi connectivity index (χ0n) is 12.1. The summed E-state index contributed by atoms with van der Waals surface area (Å²) in [7, 11) is 0. The molecule has 1 aromatic carbocycles. The van der Waals surface area contributed by atoms with Crippen LogP contribution in [-0.4, -0.2) is 30.3 Å². The molecule has 0 unspecified atom stereocenters. The van der Waals surface area contributed by atoms with Gasteiger partial charge in [0.15, 0.2) is 5.78 Å². The summed E-state index contributed by atoms with van der Waals surface area (Å²) < 4.78 is 0. The molecule has 0 N–H and O–H groups in total. The van der Waals surface area contributed by atoms with Crippen molar-refractivity contribution in [1.82, 2.24) is 4.90 Å². The highest BCUT2D eigenvalue weighted by Gasteiger charge is 2.29. The largest absolute Gasteiger partial charge is 0.296 e. The standard InChI is InChI=1S/C16H21Cl2NO/c1-3-16(2)6-8-19(9-7-16)11-15(20)12-4-5-13(17)14(18)10-12/h4-5,10H,3,6-9,11H2,1-2H3. The molecule has 0 saturated carbocycles. The van der Waals surface area contributed by atoms with Gasteiger partial charge in [-0.25, -0.2) is 0 Å². The Kier molecular flexibility index (Phi) is 5.11. The van der Waals surface area contributed by atoms with Crippen molar-refractivity contribution in [2.75, 3.05) is 19.6 Å². The van der Waals surface area contributed by atoms with Crippen LogP contribution in [-0.2, 0) is 0 Å². The predicted octanol–water partition coefficient (Wildman–Crippen LogP) is 4.69. The van der Waals surface area contributed by atoms with E-state index in [0.717, 1.165) is 25.9 Å². The van der Waals surface area contributed by atoms with E-state index in [1.165, 1.54) is 6.42 Å². The van der Waals surface area contributed by atoms with Crippen LogP contribution in [0.2, 0.25) is 10.0 Å². The van der Waals surface area contributed by atoms with Crippen molar-refractivity contribution in [2.45, 2.75) is 33.1 Å². The minimum absolute atomic E-state index is 0.115. The average molecular weight is 314 g/mol. The number of likely N-dealkylation sites (tertiary alicyclic amines) is 1. The quantitative estimate of drug-likeness (QED) is 0.752. The third kappa shape index (κ3) is 3.75. The smallest absolute Gasteiger partial charge is 0.176 e. The van der Waals surface area contributed by atoms with Crippen molar-refractivity contribution in [3.05, 3.63) is 33.8 Å². The van der Waals surface area contributed by atoms with Crippen molar-refractivity contribution in [3.63, 3.8) is 0 Å². The number of piperidine rings is 1. The number of halogens is 2. The minimum Gasteiger partial charge on any atom is -0.296 e. The van der Waals surface area contributed by atoms with Crippen molar-refractivity contribution in [3.8, 4) is 0 Å². The summed E-state index contributed by atoms with van der Waals surface area (Å²) in [4.78, 5) is 14.5. The molecule has 0 bridgehead atoms. The molecule has 1 saturated heterocycles. The van der Waals surface area contributed by atoms with E-state index >= 15 is 0 Å². The van der Waals surface area contributed by atoms with Gasteiger partial charge in [0, 0.05) is 5.56 Å². The molecule has 2 nitrogen and oxygen atoms in total. The Bertz CT molecular complexity index is 493. The van der Waals surface area contributed by atoms with E-state index in [-0.39, 0.29) is 5.78 Å². The maximum atomic E-state index is 12.3. The van der Waals surface area contributed by atoms with Gasteiger partial charge in [-0.05, 0) is 49.5 Å². The summed E-state index contributed by atoms with van der Waals surface area (Å²) in [5, 5.41) is 0.926. The molecule has 110 valence electrons. The van der Waals surface area contributed by atoms with Gasteiger partial charge in [0.05, 0.1) is 16.6 Å². The summed E-state index contributed by atoms with van der Waals surface area (Å²) in [5.74, 6) is 0.115. The molecule has 0 amide bonds. The van der Waals surface area contributed by atoms with Crippen LogP contribution in [0.4, 0.5) is 0 Å². The SMILES string of the molecule is CCC1(C)CCN(CC(=O)c2ccc(Cl)c(Cl)c2)CC1. The van der Waals surface area contributed by atoms with Gasteiger partial charge in [0.1, 0.15) is 0 Å². The number of hydrogen-bond acceptors (Lipinski definition) is 2. The van der Waals surface area contributed by atoms with Gasteiger partial charge in [-0.2, -0.15) is 0 Å². The maximum Gasteiger partial charge on any atom is 0.176 e. The number of carbonyl (C=O) groups is 1. The molecule has 0 radical (unpaired) electrons. The van der Waals surface area contributed by atoms with E-state index in [1.807, 2.05) is 0 Å². The van der Waals surface area contributed by atoms with Gasteiger partial charge in [-0.3, -0.25) is 9.69 Å². The Labute approximate surface area is 131 Å². The third-order valence-corrected chi connectivity index (χ3v) is 5.26. The van der Waals surface area contributed by atoms with E-state index in [0.29, 0.717) is 27.6 Å². The Hall–Kier alpha value is -0.570. The number of benzene rings is 1. The van der Waals surface area contributed by atoms with Gasteiger partial charge in [-0.1, -0.05) is 43.5 Å². The number of rotatable bonds is 4. The van der Waals surface area contributed by atoms with Gasteiger partial charge >= 0.3 is 0 Å². The Morgan fingerprint density at radius 1 is 1.25 bits per heavy atom. The summed E-state index contributed by atoms with van der Waals surface area (Å²) in [6, 6.07) is 5.09. The second-order valence-electron chi connectivity index (χ2n) is 5.99. The average Bonchev–Trinajstić information content (AvgIpc) is 2.44. The molecular formula is C16H21Cl2NO. The van der Waals surface area contributed by atoms with Crippen LogP contribution in [0.15, 0.2) is 18.2 Å². The van der Waals surface area contributed by atoms with Crippen molar-refractivity contribution >= 4 is 29.0 Å². The zero-order valence-corrected chi connectivity index (χ0v) is 13.6. The highest BCUT2D eigenvalue weighted by molar-refractivity contribution is 6.42. The fourth-order valence-electron chi connectivity index (χ4n) is 2.57. The van der Waals surface area contributed by atoms with E-state index < -0.39 is 0 Å². The number of ketones is 1. The molecule has 2 rings (SSSR count). The van der Waals surface area contributed by atoms with E-state index in [1.54, 1.807) is 18.2 Å². The van der Waals surface area contributed by atoms with E-state index in [9.17, 15) is 4.79 Å². The molecule has 0 aromatic heterocycles. The Morgan fingerprint density at radius 2 is 1.90 bits per heavy atom.